The second-order valence-electron chi connectivity index (χ2n) is 5.77. The van der Waals surface area contributed by atoms with Crippen molar-refractivity contribution >= 4 is 27.8 Å². The Bertz CT molecular complexity index is 511. The van der Waals surface area contributed by atoms with Gasteiger partial charge in [-0.25, -0.2) is 0 Å². The predicted molar refractivity (Wildman–Crippen MR) is 84.1 cm³/mol. The number of aliphatic carboxylic acids is 1. The molecule has 1 aliphatic carbocycles. The van der Waals surface area contributed by atoms with Crippen LogP contribution in [0.3, 0.4) is 0 Å². The molecule has 5 heteroatoms. The summed E-state index contributed by atoms with van der Waals surface area (Å²) in [6.07, 6.45) is 2.43. The Hall–Kier alpha value is -1.36. The van der Waals surface area contributed by atoms with Gasteiger partial charge in [0.1, 0.15) is 0 Å². The molecule has 21 heavy (non-hydrogen) atoms. The number of carboxylic acids is 1. The van der Waals surface area contributed by atoms with Crippen molar-refractivity contribution in [1.29, 1.82) is 0 Å². The Morgan fingerprint density at radius 1 is 1.29 bits per heavy atom. The molecule has 0 aliphatic heterocycles. The van der Waals surface area contributed by atoms with Crippen LogP contribution in [0.2, 0.25) is 0 Å². The number of nitrogens with one attached hydrogen (secondary N) is 1. The Morgan fingerprint density at radius 2 is 1.90 bits per heavy atom. The molecule has 1 amide bonds. The largest absolute Gasteiger partial charge is 0.481 e. The summed E-state index contributed by atoms with van der Waals surface area (Å²) in [7, 11) is 0. The van der Waals surface area contributed by atoms with E-state index in [4.69, 9.17) is 5.11 Å². The zero-order valence-corrected chi connectivity index (χ0v) is 13.6. The van der Waals surface area contributed by atoms with E-state index in [-0.39, 0.29) is 24.3 Å². The highest BCUT2D eigenvalue weighted by molar-refractivity contribution is 9.10. The van der Waals surface area contributed by atoms with Gasteiger partial charge in [0.2, 0.25) is 5.91 Å². The number of rotatable bonds is 7. The van der Waals surface area contributed by atoms with Crippen LogP contribution < -0.4 is 5.32 Å². The molecule has 1 aromatic rings. The zero-order valence-electron chi connectivity index (χ0n) is 12.0. The van der Waals surface area contributed by atoms with E-state index in [1.54, 1.807) is 0 Å². The Kier molecular flexibility index (Phi) is 5.39. The third kappa shape index (κ3) is 5.16. The smallest absolute Gasteiger partial charge is 0.305 e. The van der Waals surface area contributed by atoms with Gasteiger partial charge in [-0.15, -0.1) is 0 Å². The first-order chi connectivity index (χ1) is 9.95. The number of amides is 1. The summed E-state index contributed by atoms with van der Waals surface area (Å²) < 4.78 is 1.01. The molecule has 0 heterocycles. The maximum absolute atomic E-state index is 12.1. The summed E-state index contributed by atoms with van der Waals surface area (Å²) in [6, 6.07) is 7.70. The van der Waals surface area contributed by atoms with E-state index in [2.05, 4.69) is 21.2 Å². The van der Waals surface area contributed by atoms with Gasteiger partial charge >= 0.3 is 5.97 Å². The van der Waals surface area contributed by atoms with Crippen LogP contribution in [0.4, 0.5) is 0 Å². The van der Waals surface area contributed by atoms with E-state index in [0.29, 0.717) is 12.3 Å². The van der Waals surface area contributed by atoms with Crippen molar-refractivity contribution < 1.29 is 14.7 Å². The molecule has 2 rings (SSSR count). The Morgan fingerprint density at radius 3 is 2.43 bits per heavy atom. The molecule has 0 bridgehead atoms. The highest BCUT2D eigenvalue weighted by atomic mass is 79.9. The summed E-state index contributed by atoms with van der Waals surface area (Å²) in [5.41, 5.74) is 1.11. The first-order valence-electron chi connectivity index (χ1n) is 7.22. The predicted octanol–water partition coefficient (Wildman–Crippen LogP) is 3.31. The van der Waals surface area contributed by atoms with Crippen LogP contribution in [0.1, 0.15) is 44.1 Å². The van der Waals surface area contributed by atoms with Gasteiger partial charge in [0.05, 0.1) is 6.42 Å². The van der Waals surface area contributed by atoms with Crippen molar-refractivity contribution in [2.24, 2.45) is 5.92 Å². The number of hydrogen-bond acceptors (Lipinski definition) is 2. The second kappa shape index (κ2) is 7.07. The van der Waals surface area contributed by atoms with Gasteiger partial charge in [0.15, 0.2) is 0 Å². The maximum atomic E-state index is 12.1. The molecule has 1 aliphatic rings. The normalized spacial score (nSPS) is 17.0. The zero-order chi connectivity index (χ0) is 15.4. The minimum absolute atomic E-state index is 0.0169. The lowest BCUT2D eigenvalue weighted by atomic mass is 9.97. The molecule has 4 nitrogen and oxygen atoms in total. The molecule has 0 radical (unpaired) electrons. The summed E-state index contributed by atoms with van der Waals surface area (Å²) in [5, 5.41) is 11.8. The van der Waals surface area contributed by atoms with E-state index in [1.807, 2.05) is 31.2 Å². The molecular weight excluding hydrogens is 334 g/mol. The lowest BCUT2D eigenvalue weighted by Gasteiger charge is -2.18. The molecule has 114 valence electrons. The fraction of sp³-hybridized carbons (Fsp3) is 0.500. The van der Waals surface area contributed by atoms with Crippen molar-refractivity contribution in [3.8, 4) is 0 Å². The highest BCUT2D eigenvalue weighted by Gasteiger charge is 2.33. The third-order valence-electron chi connectivity index (χ3n) is 3.86. The summed E-state index contributed by atoms with van der Waals surface area (Å²) in [5.74, 6) is -0.465. The molecule has 2 N–H and O–H groups in total. The van der Waals surface area contributed by atoms with Crippen LogP contribution >= 0.6 is 15.9 Å². The van der Waals surface area contributed by atoms with E-state index >= 15 is 0 Å². The standard InChI is InChI=1S/C16H20BrNO3/c1-10(11-4-6-13(17)7-5-11)8-15(19)18-14(9-16(20)21)12-2-3-12/h4-7,10,12,14H,2-3,8-9H2,1H3,(H,18,19)(H,20,21). The molecule has 0 spiro atoms. The average molecular weight is 354 g/mol. The van der Waals surface area contributed by atoms with E-state index in [1.165, 1.54) is 0 Å². The van der Waals surface area contributed by atoms with Gasteiger partial charge in [0.25, 0.3) is 0 Å². The minimum atomic E-state index is -0.854. The topological polar surface area (TPSA) is 66.4 Å². The first kappa shape index (κ1) is 16.0. The van der Waals surface area contributed by atoms with Crippen LogP contribution in [0.5, 0.6) is 0 Å². The van der Waals surface area contributed by atoms with Crippen molar-refractivity contribution in [2.45, 2.75) is 44.6 Å². The third-order valence-corrected chi connectivity index (χ3v) is 4.39. The van der Waals surface area contributed by atoms with Crippen molar-refractivity contribution in [2.75, 3.05) is 0 Å². The summed E-state index contributed by atoms with van der Waals surface area (Å²) >= 11 is 3.39. The van der Waals surface area contributed by atoms with Gasteiger partial charge in [-0.3, -0.25) is 9.59 Å². The lowest BCUT2D eigenvalue weighted by Crippen LogP contribution is -2.38. The van der Waals surface area contributed by atoms with Crippen LogP contribution in [0.25, 0.3) is 0 Å². The van der Waals surface area contributed by atoms with Crippen molar-refractivity contribution in [3.63, 3.8) is 0 Å². The molecule has 1 aromatic carbocycles. The molecule has 0 saturated heterocycles. The summed E-state index contributed by atoms with van der Waals surface area (Å²) in [4.78, 5) is 22.9. The van der Waals surface area contributed by atoms with Crippen LogP contribution in [-0.2, 0) is 9.59 Å². The highest BCUT2D eigenvalue weighted by Crippen LogP contribution is 2.34. The first-order valence-corrected chi connectivity index (χ1v) is 8.01. The molecular formula is C16H20BrNO3. The van der Waals surface area contributed by atoms with Gasteiger partial charge in [-0.1, -0.05) is 35.0 Å². The maximum Gasteiger partial charge on any atom is 0.305 e. The van der Waals surface area contributed by atoms with Gasteiger partial charge in [-0.05, 0) is 42.4 Å². The van der Waals surface area contributed by atoms with Crippen LogP contribution in [0, 0.1) is 5.92 Å². The van der Waals surface area contributed by atoms with Crippen LogP contribution in [0.15, 0.2) is 28.7 Å². The van der Waals surface area contributed by atoms with E-state index in [9.17, 15) is 9.59 Å². The van der Waals surface area contributed by atoms with Crippen LogP contribution in [-0.4, -0.2) is 23.0 Å². The fourth-order valence-corrected chi connectivity index (χ4v) is 2.74. The Balaban J connectivity index is 1.87. The quantitative estimate of drug-likeness (QED) is 0.790. The number of carbonyl (C=O) groups excluding carboxylic acids is 1. The minimum Gasteiger partial charge on any atom is -0.481 e. The number of benzene rings is 1. The monoisotopic (exact) mass is 353 g/mol. The lowest BCUT2D eigenvalue weighted by molar-refractivity contribution is -0.137. The molecule has 1 fully saturated rings. The SMILES string of the molecule is CC(CC(=O)NC(CC(=O)O)C1CC1)c1ccc(Br)cc1. The molecule has 2 atom stereocenters. The average Bonchev–Trinajstić information content (AvgIpc) is 3.22. The number of halogens is 1. The van der Waals surface area contributed by atoms with E-state index < -0.39 is 5.97 Å². The molecule has 2 unspecified atom stereocenters. The number of hydrogen-bond donors (Lipinski definition) is 2. The van der Waals surface area contributed by atoms with Crippen molar-refractivity contribution in [3.05, 3.63) is 34.3 Å². The summed E-state index contributed by atoms with van der Waals surface area (Å²) in [6.45, 7) is 2.01. The van der Waals surface area contributed by atoms with Gasteiger partial charge < -0.3 is 10.4 Å². The number of carboxylic acid groups (broad SMARTS) is 1. The Labute approximate surface area is 133 Å². The molecule has 0 aromatic heterocycles. The molecule has 1 saturated carbocycles. The second-order valence-corrected chi connectivity index (χ2v) is 6.68. The van der Waals surface area contributed by atoms with Gasteiger partial charge in [-0.2, -0.15) is 0 Å². The number of carbonyl (C=O) groups is 2. The fourth-order valence-electron chi connectivity index (χ4n) is 2.48. The van der Waals surface area contributed by atoms with E-state index in [0.717, 1.165) is 22.9 Å². The van der Waals surface area contributed by atoms with Crippen molar-refractivity contribution in [1.82, 2.24) is 5.32 Å². The van der Waals surface area contributed by atoms with Gasteiger partial charge in [0, 0.05) is 16.9 Å².